The second-order valence-corrected chi connectivity index (χ2v) is 3.44. The quantitative estimate of drug-likeness (QED) is 0.861. The molecular weight excluding hydrogens is 218 g/mol. The Bertz CT molecular complexity index is 378. The van der Waals surface area contributed by atoms with E-state index in [0.29, 0.717) is 0 Å². The molecule has 0 amide bonds. The fraction of sp³-hybridized carbons (Fsp3) is 0.455. The van der Waals surface area contributed by atoms with E-state index in [4.69, 9.17) is 9.47 Å². The number of benzene rings is 1. The molecule has 1 aromatic carbocycles. The summed E-state index contributed by atoms with van der Waals surface area (Å²) in [6.07, 6.45) is -0.835. The first-order chi connectivity index (χ1) is 7.51. The lowest BCUT2D eigenvalue weighted by Gasteiger charge is -2.15. The van der Waals surface area contributed by atoms with Gasteiger partial charge in [0, 0.05) is 18.1 Å². The van der Waals surface area contributed by atoms with Gasteiger partial charge in [-0.2, -0.15) is 0 Å². The van der Waals surface area contributed by atoms with Crippen LogP contribution in [-0.2, 0) is 6.42 Å². The summed E-state index contributed by atoms with van der Waals surface area (Å²) in [7, 11) is 2.67. The van der Waals surface area contributed by atoms with E-state index in [1.165, 1.54) is 21.1 Å². The number of hydrogen-bond acceptors (Lipinski definition) is 3. The van der Waals surface area contributed by atoms with Crippen LogP contribution >= 0.6 is 0 Å². The normalized spacial score (nSPS) is 12.4. The van der Waals surface area contributed by atoms with Crippen molar-refractivity contribution >= 4 is 0 Å². The first-order valence-electron chi connectivity index (χ1n) is 4.78. The van der Waals surface area contributed by atoms with Crippen LogP contribution in [0, 0.1) is 11.6 Å². The maximum Gasteiger partial charge on any atom is 0.167 e. The molecule has 0 aliphatic rings. The molecule has 0 saturated carbocycles. The van der Waals surface area contributed by atoms with E-state index in [-0.39, 0.29) is 23.5 Å². The maximum atomic E-state index is 13.5. The van der Waals surface area contributed by atoms with Crippen LogP contribution in [0.25, 0.3) is 0 Å². The second kappa shape index (κ2) is 5.12. The molecule has 3 nitrogen and oxygen atoms in total. The third-order valence-corrected chi connectivity index (χ3v) is 2.15. The van der Waals surface area contributed by atoms with Crippen molar-refractivity contribution in [2.45, 2.75) is 19.4 Å². The summed E-state index contributed by atoms with van der Waals surface area (Å²) in [5.41, 5.74) is -0.0191. The van der Waals surface area contributed by atoms with Crippen LogP contribution in [0.4, 0.5) is 8.78 Å². The van der Waals surface area contributed by atoms with E-state index in [2.05, 4.69) is 0 Å². The molecule has 1 N–H and O–H groups in total. The van der Waals surface area contributed by atoms with Gasteiger partial charge in [0.05, 0.1) is 20.3 Å². The topological polar surface area (TPSA) is 38.7 Å². The number of aliphatic hydroxyl groups excluding tert-OH is 1. The van der Waals surface area contributed by atoms with Crippen molar-refractivity contribution in [3.8, 4) is 11.5 Å². The van der Waals surface area contributed by atoms with Crippen LogP contribution in [0.3, 0.4) is 0 Å². The number of hydrogen-bond donors (Lipinski definition) is 1. The van der Waals surface area contributed by atoms with Crippen LogP contribution in [-0.4, -0.2) is 25.4 Å². The van der Waals surface area contributed by atoms with Crippen molar-refractivity contribution in [1.29, 1.82) is 0 Å². The average Bonchev–Trinajstić information content (AvgIpc) is 2.23. The third kappa shape index (κ3) is 2.41. The van der Waals surface area contributed by atoms with Crippen molar-refractivity contribution in [2.24, 2.45) is 0 Å². The van der Waals surface area contributed by atoms with Crippen LogP contribution in [0.15, 0.2) is 6.07 Å². The highest BCUT2D eigenvalue weighted by Gasteiger charge is 2.20. The predicted octanol–water partition coefficient (Wildman–Crippen LogP) is 1.91. The van der Waals surface area contributed by atoms with Gasteiger partial charge in [0.15, 0.2) is 23.1 Å². The van der Waals surface area contributed by atoms with Gasteiger partial charge in [-0.05, 0) is 6.92 Å². The Morgan fingerprint density at radius 3 is 2.38 bits per heavy atom. The molecule has 90 valence electrons. The van der Waals surface area contributed by atoms with E-state index in [1.54, 1.807) is 0 Å². The van der Waals surface area contributed by atoms with Gasteiger partial charge in [0.1, 0.15) is 0 Å². The molecule has 0 aliphatic carbocycles. The van der Waals surface area contributed by atoms with E-state index in [0.717, 1.165) is 6.07 Å². The molecule has 0 unspecified atom stereocenters. The lowest BCUT2D eigenvalue weighted by molar-refractivity contribution is 0.191. The molecule has 0 spiro atoms. The van der Waals surface area contributed by atoms with Crippen molar-refractivity contribution in [2.75, 3.05) is 14.2 Å². The molecule has 0 heterocycles. The summed E-state index contributed by atoms with van der Waals surface area (Å²) in [4.78, 5) is 0. The number of methoxy groups -OCH3 is 2. The molecule has 0 aromatic heterocycles. The lowest BCUT2D eigenvalue weighted by atomic mass is 10.1. The van der Waals surface area contributed by atoms with Gasteiger partial charge in [0.25, 0.3) is 0 Å². The molecule has 0 aliphatic heterocycles. The van der Waals surface area contributed by atoms with E-state index in [9.17, 15) is 13.9 Å². The predicted molar refractivity (Wildman–Crippen MR) is 54.8 cm³/mol. The molecule has 5 heteroatoms. The Morgan fingerprint density at radius 2 is 1.94 bits per heavy atom. The summed E-state index contributed by atoms with van der Waals surface area (Å²) in [5, 5.41) is 9.22. The van der Waals surface area contributed by atoms with Gasteiger partial charge in [0.2, 0.25) is 0 Å². The Labute approximate surface area is 92.6 Å². The molecule has 0 fully saturated rings. The fourth-order valence-electron chi connectivity index (χ4n) is 1.49. The number of rotatable bonds is 4. The van der Waals surface area contributed by atoms with Gasteiger partial charge in [-0.15, -0.1) is 0 Å². The van der Waals surface area contributed by atoms with Crippen molar-refractivity contribution in [3.05, 3.63) is 23.3 Å². The van der Waals surface area contributed by atoms with Gasteiger partial charge < -0.3 is 14.6 Å². The number of aliphatic hydroxyl groups is 1. The number of ether oxygens (including phenoxy) is 2. The van der Waals surface area contributed by atoms with Gasteiger partial charge in [-0.3, -0.25) is 0 Å². The largest absolute Gasteiger partial charge is 0.493 e. The summed E-state index contributed by atoms with van der Waals surface area (Å²) >= 11 is 0. The molecule has 0 saturated heterocycles. The number of halogens is 2. The van der Waals surface area contributed by atoms with E-state index >= 15 is 0 Å². The average molecular weight is 232 g/mol. The first-order valence-corrected chi connectivity index (χ1v) is 4.78. The highest BCUT2D eigenvalue weighted by Crippen LogP contribution is 2.35. The Morgan fingerprint density at radius 1 is 1.31 bits per heavy atom. The molecule has 16 heavy (non-hydrogen) atoms. The van der Waals surface area contributed by atoms with Gasteiger partial charge in [-0.1, -0.05) is 0 Å². The summed E-state index contributed by atoms with van der Waals surface area (Å²) in [6.45, 7) is 1.48. The minimum absolute atomic E-state index is 0.0191. The Kier molecular flexibility index (Phi) is 4.06. The van der Waals surface area contributed by atoms with Crippen molar-refractivity contribution in [1.82, 2.24) is 0 Å². The summed E-state index contributed by atoms with van der Waals surface area (Å²) in [5.74, 6) is -1.81. The minimum Gasteiger partial charge on any atom is -0.493 e. The zero-order valence-corrected chi connectivity index (χ0v) is 9.38. The van der Waals surface area contributed by atoms with E-state index < -0.39 is 17.7 Å². The van der Waals surface area contributed by atoms with Crippen LogP contribution in [0.5, 0.6) is 11.5 Å². The van der Waals surface area contributed by atoms with Gasteiger partial charge in [-0.25, -0.2) is 8.78 Å². The van der Waals surface area contributed by atoms with Crippen molar-refractivity contribution < 1.29 is 23.4 Å². The SMILES string of the molecule is COc1cc(F)c(F)c(C[C@@H](C)O)c1OC. The second-order valence-electron chi connectivity index (χ2n) is 3.44. The molecule has 0 radical (unpaired) electrons. The highest BCUT2D eigenvalue weighted by molar-refractivity contribution is 5.48. The van der Waals surface area contributed by atoms with Crippen LogP contribution in [0.2, 0.25) is 0 Å². The summed E-state index contributed by atoms with van der Waals surface area (Å²) in [6, 6.07) is 0.916. The lowest BCUT2D eigenvalue weighted by Crippen LogP contribution is -2.10. The third-order valence-electron chi connectivity index (χ3n) is 2.15. The smallest absolute Gasteiger partial charge is 0.167 e. The Balaban J connectivity index is 3.34. The highest BCUT2D eigenvalue weighted by atomic mass is 19.2. The molecule has 1 aromatic rings. The Hall–Kier alpha value is -1.36. The van der Waals surface area contributed by atoms with Crippen LogP contribution < -0.4 is 9.47 Å². The first kappa shape index (κ1) is 12.7. The standard InChI is InChI=1S/C11H14F2O3/c1-6(14)4-7-10(13)8(12)5-9(15-2)11(7)16-3/h5-6,14H,4H2,1-3H3/t6-/m1/s1. The van der Waals surface area contributed by atoms with Crippen LogP contribution in [0.1, 0.15) is 12.5 Å². The monoisotopic (exact) mass is 232 g/mol. The van der Waals surface area contributed by atoms with E-state index in [1.807, 2.05) is 0 Å². The zero-order chi connectivity index (χ0) is 12.3. The zero-order valence-electron chi connectivity index (χ0n) is 9.38. The molecule has 1 rings (SSSR count). The molecule has 0 bridgehead atoms. The van der Waals surface area contributed by atoms with Gasteiger partial charge >= 0.3 is 0 Å². The minimum atomic E-state index is -1.02. The molecular formula is C11H14F2O3. The molecule has 1 atom stereocenters. The maximum absolute atomic E-state index is 13.5. The fourth-order valence-corrected chi connectivity index (χ4v) is 1.49. The summed E-state index contributed by atoms with van der Waals surface area (Å²) < 4.78 is 36.5. The van der Waals surface area contributed by atoms with Crippen molar-refractivity contribution in [3.63, 3.8) is 0 Å².